The topological polar surface area (TPSA) is 9.86 Å². The normalized spacial score (nSPS) is 11.9. The monoisotopic (exact) mass is 1080 g/mol. The zero-order valence-electron chi connectivity index (χ0n) is 45.2. The SMILES string of the molecule is c1ccc(-c2cc([Si](c3ccccc3)(c3ccccc3)c3ccccc3)cc(-c3ccccc3)c2-n2c3ccc(-n4c5ccccc5c5ccccc54)cc3c3cc([Si](c4ccccc4)(c4ccccc4)c4ccccc4)ccc32)cc1. The van der Waals surface area contributed by atoms with Gasteiger partial charge in [-0.3, -0.25) is 0 Å². The van der Waals surface area contributed by atoms with E-state index in [-0.39, 0.29) is 0 Å². The summed E-state index contributed by atoms with van der Waals surface area (Å²) in [4.78, 5) is 0. The van der Waals surface area contributed by atoms with E-state index in [4.69, 9.17) is 0 Å². The molecule has 2 nitrogen and oxygen atoms in total. The molecule has 0 aliphatic rings. The Hall–Kier alpha value is -10.1. The second-order valence-corrected chi connectivity index (χ2v) is 29.1. The van der Waals surface area contributed by atoms with E-state index in [2.05, 4.69) is 349 Å². The summed E-state index contributed by atoms with van der Waals surface area (Å²) in [6, 6.07) is 128. The van der Waals surface area contributed by atoms with E-state index in [1.807, 2.05) is 0 Å². The molecule has 0 spiro atoms. The Bertz CT molecular complexity index is 4450. The van der Waals surface area contributed by atoms with Gasteiger partial charge < -0.3 is 9.13 Å². The molecule has 15 aromatic rings. The van der Waals surface area contributed by atoms with Gasteiger partial charge in [0.15, 0.2) is 16.1 Å². The summed E-state index contributed by atoms with van der Waals surface area (Å²) in [6.45, 7) is 0. The first-order valence-electron chi connectivity index (χ1n) is 28.4. The molecule has 15 rings (SSSR count). The minimum atomic E-state index is -3.06. The van der Waals surface area contributed by atoms with Gasteiger partial charge in [0.1, 0.15) is 0 Å². The maximum atomic E-state index is 2.62. The van der Waals surface area contributed by atoms with E-state index in [0.29, 0.717) is 0 Å². The number of benzene rings is 13. The minimum absolute atomic E-state index is 1.12. The van der Waals surface area contributed by atoms with Crippen molar-refractivity contribution in [2.24, 2.45) is 0 Å². The van der Waals surface area contributed by atoms with Gasteiger partial charge in [-0.1, -0.05) is 303 Å². The average Bonchev–Trinajstić information content (AvgIpc) is 3.53. The predicted octanol–water partition coefficient (Wildman–Crippen LogP) is 14.0. The molecule has 0 N–H and O–H groups in total. The number of nitrogens with zero attached hydrogens (tertiary/aromatic N) is 2. The maximum absolute atomic E-state index is 3.06. The first-order valence-corrected chi connectivity index (χ1v) is 32.4. The first kappa shape index (κ1) is 49.0. The van der Waals surface area contributed by atoms with Crippen molar-refractivity contribution < 1.29 is 0 Å². The zero-order valence-corrected chi connectivity index (χ0v) is 47.2. The van der Waals surface area contributed by atoms with Gasteiger partial charge in [-0.2, -0.15) is 0 Å². The van der Waals surface area contributed by atoms with Gasteiger partial charge in [-0.25, -0.2) is 0 Å². The predicted molar refractivity (Wildman–Crippen MR) is 353 cm³/mol. The molecule has 0 unspecified atom stereocenters. The van der Waals surface area contributed by atoms with E-state index in [1.165, 1.54) is 85.2 Å². The van der Waals surface area contributed by atoms with Crippen LogP contribution in [0.3, 0.4) is 0 Å². The van der Waals surface area contributed by atoms with Crippen LogP contribution in [-0.2, 0) is 0 Å². The van der Waals surface area contributed by atoms with Crippen molar-refractivity contribution >= 4 is 101 Å². The summed E-state index contributed by atoms with van der Waals surface area (Å²) in [5.74, 6) is 0. The van der Waals surface area contributed by atoms with E-state index in [9.17, 15) is 0 Å². The number of para-hydroxylation sites is 2. The molecular weight excluding hydrogens is 1020 g/mol. The molecule has 0 amide bonds. The van der Waals surface area contributed by atoms with Crippen LogP contribution in [0.15, 0.2) is 340 Å². The fraction of sp³-hybridized carbons (Fsp3) is 0. The zero-order chi connectivity index (χ0) is 54.5. The molecule has 0 aliphatic carbocycles. The van der Waals surface area contributed by atoms with E-state index in [0.717, 1.165) is 33.5 Å². The van der Waals surface area contributed by atoms with Gasteiger partial charge in [0, 0.05) is 38.4 Å². The third-order valence-corrected chi connectivity index (χ3v) is 26.7. The van der Waals surface area contributed by atoms with Crippen LogP contribution in [0.25, 0.3) is 77.2 Å². The van der Waals surface area contributed by atoms with Gasteiger partial charge in [0.05, 0.1) is 27.8 Å². The van der Waals surface area contributed by atoms with Crippen LogP contribution in [0, 0.1) is 0 Å². The van der Waals surface area contributed by atoms with E-state index < -0.39 is 16.1 Å². The maximum Gasteiger partial charge on any atom is 0.179 e. The van der Waals surface area contributed by atoms with Gasteiger partial charge in [-0.05, 0) is 89.0 Å². The standard InChI is InChI=1S/C78H56N2Si2/c1-9-29-57(30-10-1)70-55-67(82(63-39-19-6-20-40-63,64-41-21-7-22-42-64)65-43-23-8-24-44-65)56-71(58-31-11-2-12-32-58)78(70)80-76-51-49-59(79-74-47-27-25-45-68(74)69-46-26-28-48-75(69)79)53-72(76)73-54-66(50-52-77(73)80)81(60-33-13-3-14-34-60,61-35-15-4-16-36-61)62-37-17-5-18-38-62/h1-56H. The molecule has 2 aromatic heterocycles. The van der Waals surface area contributed by atoms with Crippen molar-refractivity contribution in [2.45, 2.75) is 0 Å². The molecule has 0 radical (unpaired) electrons. The lowest BCUT2D eigenvalue weighted by molar-refractivity contribution is 1.17. The highest BCUT2D eigenvalue weighted by atomic mass is 28.3. The second kappa shape index (κ2) is 20.5. The quantitative estimate of drug-likeness (QED) is 0.0852. The highest BCUT2D eigenvalue weighted by Gasteiger charge is 2.44. The minimum Gasteiger partial charge on any atom is -0.309 e. The lowest BCUT2D eigenvalue weighted by Gasteiger charge is -2.36. The van der Waals surface area contributed by atoms with Crippen LogP contribution < -0.4 is 41.5 Å². The van der Waals surface area contributed by atoms with Crippen molar-refractivity contribution in [3.05, 3.63) is 340 Å². The molecule has 13 aromatic carbocycles. The third-order valence-electron chi connectivity index (χ3n) is 17.2. The number of hydrogen-bond acceptors (Lipinski definition) is 0. The molecular formula is C78H56N2Si2. The smallest absolute Gasteiger partial charge is 0.179 e. The van der Waals surface area contributed by atoms with Gasteiger partial charge >= 0.3 is 0 Å². The number of fused-ring (bicyclic) bond motifs is 6. The van der Waals surface area contributed by atoms with Gasteiger partial charge in [-0.15, -0.1) is 0 Å². The summed E-state index contributed by atoms with van der Waals surface area (Å²) >= 11 is 0. The van der Waals surface area contributed by atoms with Crippen LogP contribution in [0.1, 0.15) is 0 Å². The lowest BCUT2D eigenvalue weighted by Crippen LogP contribution is -2.74. The molecule has 0 fully saturated rings. The van der Waals surface area contributed by atoms with E-state index >= 15 is 0 Å². The summed E-state index contributed by atoms with van der Waals surface area (Å²) in [5, 5.41) is 15.6. The van der Waals surface area contributed by atoms with Crippen LogP contribution in [0.5, 0.6) is 0 Å². The van der Waals surface area contributed by atoms with Crippen LogP contribution >= 0.6 is 0 Å². The largest absolute Gasteiger partial charge is 0.309 e. The van der Waals surface area contributed by atoms with Gasteiger partial charge in [0.25, 0.3) is 0 Å². The van der Waals surface area contributed by atoms with Crippen molar-refractivity contribution in [3.63, 3.8) is 0 Å². The average molecular weight is 1080 g/mol. The van der Waals surface area contributed by atoms with Crippen molar-refractivity contribution in [3.8, 4) is 33.6 Å². The Kier molecular flexibility index (Phi) is 12.3. The fourth-order valence-corrected chi connectivity index (χ4v) is 23.3. The molecule has 4 heteroatoms. The molecule has 82 heavy (non-hydrogen) atoms. The molecule has 2 heterocycles. The fourth-order valence-electron chi connectivity index (χ4n) is 13.7. The van der Waals surface area contributed by atoms with Crippen molar-refractivity contribution in [2.75, 3.05) is 0 Å². The van der Waals surface area contributed by atoms with Crippen LogP contribution in [0.4, 0.5) is 0 Å². The Morgan fingerprint density at radius 1 is 0.195 bits per heavy atom. The molecule has 0 saturated carbocycles. The Morgan fingerprint density at radius 3 is 0.890 bits per heavy atom. The molecule has 0 atom stereocenters. The second-order valence-electron chi connectivity index (χ2n) is 21.5. The molecule has 0 bridgehead atoms. The van der Waals surface area contributed by atoms with Crippen LogP contribution in [0.2, 0.25) is 0 Å². The van der Waals surface area contributed by atoms with Crippen LogP contribution in [-0.4, -0.2) is 25.3 Å². The first-order chi connectivity index (χ1) is 40.7. The summed E-state index contributed by atoms with van der Waals surface area (Å²) in [6.07, 6.45) is 0. The summed E-state index contributed by atoms with van der Waals surface area (Å²) < 4.78 is 5.08. The Balaban J connectivity index is 1.11. The number of rotatable bonds is 12. The molecule has 386 valence electrons. The Morgan fingerprint density at radius 2 is 0.500 bits per heavy atom. The highest BCUT2D eigenvalue weighted by Crippen LogP contribution is 2.43. The lowest BCUT2D eigenvalue weighted by atomic mass is 9.95. The summed E-state index contributed by atoms with van der Waals surface area (Å²) in [7, 11) is -6.04. The van der Waals surface area contributed by atoms with Crippen molar-refractivity contribution in [1.29, 1.82) is 0 Å². The summed E-state index contributed by atoms with van der Waals surface area (Å²) in [5.41, 5.74) is 11.6. The Labute approximate surface area is 480 Å². The number of hydrogen-bond donors (Lipinski definition) is 0. The van der Waals surface area contributed by atoms with Crippen molar-refractivity contribution in [1.82, 2.24) is 9.13 Å². The number of aromatic nitrogens is 2. The van der Waals surface area contributed by atoms with Gasteiger partial charge in [0.2, 0.25) is 0 Å². The molecule has 0 aliphatic heterocycles. The van der Waals surface area contributed by atoms with E-state index in [1.54, 1.807) is 0 Å². The molecule has 0 saturated heterocycles. The third kappa shape index (κ3) is 7.83. The highest BCUT2D eigenvalue weighted by molar-refractivity contribution is 7.20.